The lowest BCUT2D eigenvalue weighted by Gasteiger charge is -2.18. The van der Waals surface area contributed by atoms with Gasteiger partial charge in [0, 0.05) is 34.3 Å². The van der Waals surface area contributed by atoms with Crippen molar-refractivity contribution < 1.29 is 13.9 Å². The van der Waals surface area contributed by atoms with Crippen LogP contribution in [0.2, 0.25) is 10.0 Å². The van der Waals surface area contributed by atoms with Gasteiger partial charge in [0.2, 0.25) is 0 Å². The van der Waals surface area contributed by atoms with E-state index in [4.69, 9.17) is 33.3 Å². The fourth-order valence-electron chi connectivity index (χ4n) is 3.35. The molecule has 35 heavy (non-hydrogen) atoms. The van der Waals surface area contributed by atoms with Crippen molar-refractivity contribution >= 4 is 52.0 Å². The summed E-state index contributed by atoms with van der Waals surface area (Å²) in [7, 11) is 1.43. The average Bonchev–Trinajstić information content (AvgIpc) is 2.84. The first-order valence-electron chi connectivity index (χ1n) is 10.9. The molecule has 6 nitrogen and oxygen atoms in total. The van der Waals surface area contributed by atoms with E-state index < -0.39 is 11.7 Å². The lowest BCUT2D eigenvalue weighted by molar-refractivity contribution is 0.102. The first-order chi connectivity index (χ1) is 16.7. The van der Waals surface area contributed by atoms with Crippen molar-refractivity contribution in [2.75, 3.05) is 17.7 Å². The molecule has 0 bridgehead atoms. The van der Waals surface area contributed by atoms with Crippen LogP contribution in [0.25, 0.3) is 5.70 Å². The number of aromatic nitrogens is 1. The number of anilines is 2. The molecule has 0 aliphatic heterocycles. The summed E-state index contributed by atoms with van der Waals surface area (Å²) in [6.07, 6.45) is 3.80. The maximum absolute atomic E-state index is 14.9. The van der Waals surface area contributed by atoms with Crippen molar-refractivity contribution in [3.8, 4) is 5.75 Å². The molecule has 0 radical (unpaired) electrons. The number of nitrogens with one attached hydrogen (secondary N) is 3. The zero-order valence-electron chi connectivity index (χ0n) is 19.3. The number of carbonyl (C=O) groups is 1. The van der Waals surface area contributed by atoms with E-state index in [1.807, 2.05) is 6.92 Å². The normalized spacial score (nSPS) is 10.5. The molecule has 0 spiro atoms. The summed E-state index contributed by atoms with van der Waals surface area (Å²) in [5, 5.41) is 14.7. The second kappa shape index (κ2) is 11.8. The minimum atomic E-state index is -0.724. The van der Waals surface area contributed by atoms with Gasteiger partial charge in [-0.15, -0.1) is 0 Å². The predicted molar refractivity (Wildman–Crippen MR) is 141 cm³/mol. The molecule has 0 saturated carbocycles. The fourth-order valence-corrected chi connectivity index (χ4v) is 3.67. The van der Waals surface area contributed by atoms with Gasteiger partial charge in [0.1, 0.15) is 17.4 Å². The van der Waals surface area contributed by atoms with Gasteiger partial charge in [-0.1, -0.05) is 49.2 Å². The summed E-state index contributed by atoms with van der Waals surface area (Å²) < 4.78 is 20.3. The summed E-state index contributed by atoms with van der Waals surface area (Å²) in [6, 6.07) is 10.6. The molecule has 9 heteroatoms. The van der Waals surface area contributed by atoms with Gasteiger partial charge >= 0.3 is 0 Å². The van der Waals surface area contributed by atoms with Crippen molar-refractivity contribution in [1.29, 1.82) is 5.41 Å². The molecule has 182 valence electrons. The summed E-state index contributed by atoms with van der Waals surface area (Å²) in [4.78, 5) is 17.2. The van der Waals surface area contributed by atoms with Gasteiger partial charge in [-0.3, -0.25) is 4.79 Å². The smallest absolute Gasteiger partial charge is 0.258 e. The molecular formula is C26H25Cl2FN4O2. The summed E-state index contributed by atoms with van der Waals surface area (Å²) in [6.45, 7) is 6.05. The van der Waals surface area contributed by atoms with Gasteiger partial charge < -0.3 is 20.8 Å². The molecule has 0 aliphatic rings. The number of hydrogen-bond acceptors (Lipinski definition) is 5. The molecular weight excluding hydrogens is 490 g/mol. The molecule has 0 unspecified atom stereocenters. The van der Waals surface area contributed by atoms with E-state index in [0.29, 0.717) is 44.8 Å². The Morgan fingerprint density at radius 2 is 1.89 bits per heavy atom. The second-order valence-electron chi connectivity index (χ2n) is 7.73. The zero-order chi connectivity index (χ0) is 25.5. The minimum absolute atomic E-state index is 0.169. The van der Waals surface area contributed by atoms with Crippen molar-refractivity contribution in [1.82, 2.24) is 4.98 Å². The zero-order valence-corrected chi connectivity index (χ0v) is 20.9. The van der Waals surface area contributed by atoms with Gasteiger partial charge in [0.25, 0.3) is 5.91 Å². The van der Waals surface area contributed by atoms with Crippen LogP contribution < -0.4 is 15.4 Å². The Labute approximate surface area is 213 Å². The van der Waals surface area contributed by atoms with E-state index in [0.717, 1.165) is 12.8 Å². The molecule has 0 saturated heterocycles. The molecule has 3 N–H and O–H groups in total. The highest BCUT2D eigenvalue weighted by atomic mass is 35.5. The predicted octanol–water partition coefficient (Wildman–Crippen LogP) is 7.43. The van der Waals surface area contributed by atoms with Gasteiger partial charge in [0.15, 0.2) is 0 Å². The number of carbonyl (C=O) groups excluding carboxylic acids is 1. The van der Waals surface area contributed by atoms with Gasteiger partial charge in [-0.25, -0.2) is 9.37 Å². The van der Waals surface area contributed by atoms with Crippen LogP contribution in [-0.4, -0.2) is 23.7 Å². The van der Waals surface area contributed by atoms with E-state index in [1.54, 1.807) is 24.3 Å². The maximum atomic E-state index is 14.9. The third kappa shape index (κ3) is 6.59. The van der Waals surface area contributed by atoms with Crippen molar-refractivity contribution in [3.05, 3.63) is 87.8 Å². The van der Waals surface area contributed by atoms with Crippen LogP contribution in [0.3, 0.4) is 0 Å². The number of rotatable bonds is 10. The first-order valence-corrected chi connectivity index (χ1v) is 11.6. The van der Waals surface area contributed by atoms with Crippen molar-refractivity contribution in [3.63, 3.8) is 0 Å². The number of halogens is 3. The second-order valence-corrected chi connectivity index (χ2v) is 8.60. The number of methoxy groups -OCH3 is 1. The van der Waals surface area contributed by atoms with Gasteiger partial charge in [0.05, 0.1) is 23.4 Å². The Hall–Kier alpha value is -3.42. The number of amides is 1. The van der Waals surface area contributed by atoms with E-state index in [-0.39, 0.29) is 17.0 Å². The Balaban J connectivity index is 1.90. The summed E-state index contributed by atoms with van der Waals surface area (Å²) in [5.41, 5.74) is 1.67. The molecule has 0 atom stereocenters. The quantitative estimate of drug-likeness (QED) is 0.245. The number of unbranched alkanes of at least 4 members (excludes halogenated alkanes) is 1. The first kappa shape index (κ1) is 26.2. The monoisotopic (exact) mass is 514 g/mol. The van der Waals surface area contributed by atoms with E-state index in [9.17, 15) is 9.18 Å². The van der Waals surface area contributed by atoms with Crippen molar-refractivity contribution in [2.24, 2.45) is 0 Å². The lowest BCUT2D eigenvalue weighted by atomic mass is 10.0. The van der Waals surface area contributed by atoms with Gasteiger partial charge in [-0.2, -0.15) is 0 Å². The van der Waals surface area contributed by atoms with Crippen LogP contribution in [0, 0.1) is 11.2 Å². The molecule has 2 aromatic carbocycles. The number of hydrogen-bond donors (Lipinski definition) is 3. The standard InChI is InChI=1S/C26H25Cl2FN4O2/c1-4-5-6-22(30)16-7-9-19(21(29)11-16)26(34)33-25-20(12-18(28)13-23(25)35-3)15(2)32-24-10-8-17(27)14-31-24/h7-14,30H,2,4-6H2,1,3H3,(H,31,32)(H,33,34). The molecule has 3 aromatic rings. The fraction of sp³-hybridized carbons (Fsp3) is 0.192. The minimum Gasteiger partial charge on any atom is -0.494 e. The SMILES string of the molecule is C=C(Nc1ccc(Cl)cn1)c1cc(Cl)cc(OC)c1NC(=O)c1ccc(C(=N)CCCC)cc1F. The van der Waals surface area contributed by atoms with E-state index in [1.165, 1.54) is 31.5 Å². The molecule has 1 amide bonds. The van der Waals surface area contributed by atoms with Crippen molar-refractivity contribution in [2.45, 2.75) is 26.2 Å². The molecule has 3 rings (SSSR count). The third-order valence-corrected chi connectivity index (χ3v) is 5.64. The number of benzene rings is 2. The number of nitrogens with zero attached hydrogens (tertiary/aromatic N) is 1. The Morgan fingerprint density at radius 3 is 2.51 bits per heavy atom. The Morgan fingerprint density at radius 1 is 1.11 bits per heavy atom. The van der Waals surface area contributed by atoms with Crippen LogP contribution in [0.4, 0.5) is 15.9 Å². The maximum Gasteiger partial charge on any atom is 0.258 e. The van der Waals surface area contributed by atoms with E-state index in [2.05, 4.69) is 22.2 Å². The van der Waals surface area contributed by atoms with E-state index >= 15 is 0 Å². The largest absolute Gasteiger partial charge is 0.494 e. The average molecular weight is 515 g/mol. The highest BCUT2D eigenvalue weighted by Gasteiger charge is 2.20. The van der Waals surface area contributed by atoms with Crippen LogP contribution in [0.15, 0.2) is 55.2 Å². The van der Waals surface area contributed by atoms with Crippen LogP contribution >= 0.6 is 23.2 Å². The third-order valence-electron chi connectivity index (χ3n) is 5.20. The van der Waals surface area contributed by atoms with Crippen LogP contribution in [0.1, 0.15) is 47.7 Å². The Bertz CT molecular complexity index is 1260. The molecule has 1 heterocycles. The lowest BCUT2D eigenvalue weighted by Crippen LogP contribution is -2.17. The number of pyridine rings is 1. The highest BCUT2D eigenvalue weighted by molar-refractivity contribution is 6.31. The summed E-state index contributed by atoms with van der Waals surface area (Å²) >= 11 is 12.1. The Kier molecular flexibility index (Phi) is 8.84. The van der Waals surface area contributed by atoms with Crippen LogP contribution in [0.5, 0.6) is 5.75 Å². The molecule has 0 aliphatic carbocycles. The summed E-state index contributed by atoms with van der Waals surface area (Å²) in [5.74, 6) is -0.666. The highest BCUT2D eigenvalue weighted by Crippen LogP contribution is 2.36. The topological polar surface area (TPSA) is 87.1 Å². The molecule has 1 aromatic heterocycles. The molecule has 0 fully saturated rings. The van der Waals surface area contributed by atoms with Gasteiger partial charge in [-0.05, 0) is 48.7 Å². The number of ether oxygens (including phenoxy) is 1. The van der Waals surface area contributed by atoms with Crippen LogP contribution in [-0.2, 0) is 0 Å².